The van der Waals surface area contributed by atoms with E-state index >= 15 is 0 Å². The van der Waals surface area contributed by atoms with Crippen LogP contribution in [0.5, 0.6) is 11.5 Å². The molecule has 11 heteroatoms. The van der Waals surface area contributed by atoms with Crippen LogP contribution >= 0.6 is 0 Å². The maximum atomic E-state index is 13.2. The summed E-state index contributed by atoms with van der Waals surface area (Å²) in [5.74, 6) is -0.672. The Morgan fingerprint density at radius 1 is 0.946 bits per heavy atom. The molecule has 0 unspecified atom stereocenters. The van der Waals surface area contributed by atoms with Gasteiger partial charge in [-0.15, -0.1) is 0 Å². The maximum absolute atomic E-state index is 13.2. The highest BCUT2D eigenvalue weighted by molar-refractivity contribution is 7.92. The van der Waals surface area contributed by atoms with Crippen LogP contribution in [0.15, 0.2) is 77.7 Å². The van der Waals surface area contributed by atoms with Gasteiger partial charge in [0.2, 0.25) is 11.8 Å². The molecular weight excluding hydrogens is 501 g/mol. The molecule has 0 aliphatic rings. The van der Waals surface area contributed by atoms with Crippen LogP contribution in [0, 0.1) is 5.82 Å². The number of sulfonamides is 1. The minimum absolute atomic E-state index is 0.0590. The molecule has 0 aliphatic heterocycles. The van der Waals surface area contributed by atoms with Gasteiger partial charge in [0.05, 0.1) is 24.8 Å². The molecule has 0 saturated carbocycles. The van der Waals surface area contributed by atoms with Crippen molar-refractivity contribution in [1.29, 1.82) is 0 Å². The van der Waals surface area contributed by atoms with Crippen LogP contribution < -0.4 is 24.8 Å². The Bertz CT molecular complexity index is 1390. The molecule has 0 saturated heterocycles. The summed E-state index contributed by atoms with van der Waals surface area (Å²) in [5, 5.41) is 5.19. The number of methoxy groups -OCH3 is 2. The Hall–Kier alpha value is -4.38. The maximum Gasteiger partial charge on any atom is 0.262 e. The van der Waals surface area contributed by atoms with Crippen molar-refractivity contribution < 1.29 is 31.9 Å². The molecule has 0 radical (unpaired) electrons. The molecule has 0 aromatic heterocycles. The van der Waals surface area contributed by atoms with E-state index in [2.05, 4.69) is 15.4 Å². The van der Waals surface area contributed by atoms with Crippen molar-refractivity contribution in [3.63, 3.8) is 0 Å². The molecule has 3 N–H and O–H groups in total. The molecule has 3 aromatic carbocycles. The lowest BCUT2D eigenvalue weighted by Crippen LogP contribution is -2.40. The van der Waals surface area contributed by atoms with Gasteiger partial charge in [0.25, 0.3) is 10.0 Å². The van der Waals surface area contributed by atoms with Crippen molar-refractivity contribution in [2.24, 2.45) is 0 Å². The molecule has 0 bridgehead atoms. The largest absolute Gasteiger partial charge is 0.497 e. The van der Waals surface area contributed by atoms with E-state index in [4.69, 9.17) is 9.47 Å². The van der Waals surface area contributed by atoms with E-state index in [0.717, 1.165) is 29.8 Å². The molecule has 3 aromatic rings. The third-order valence-electron chi connectivity index (χ3n) is 5.13. The van der Waals surface area contributed by atoms with Crippen molar-refractivity contribution in [2.45, 2.75) is 17.9 Å². The van der Waals surface area contributed by atoms with E-state index in [0.29, 0.717) is 5.75 Å². The summed E-state index contributed by atoms with van der Waals surface area (Å²) < 4.78 is 51.3. The normalized spacial score (nSPS) is 12.0. The van der Waals surface area contributed by atoms with E-state index in [9.17, 15) is 22.4 Å². The Kier molecular flexibility index (Phi) is 8.86. The van der Waals surface area contributed by atoms with Crippen LogP contribution in [0.1, 0.15) is 12.5 Å². The number of amides is 2. The molecule has 0 heterocycles. The average molecular weight is 528 g/mol. The number of benzene rings is 3. The van der Waals surface area contributed by atoms with E-state index < -0.39 is 33.7 Å². The third-order valence-corrected chi connectivity index (χ3v) is 6.51. The minimum atomic E-state index is -4.05. The second-order valence-corrected chi connectivity index (χ2v) is 9.48. The second-order valence-electron chi connectivity index (χ2n) is 7.80. The summed E-state index contributed by atoms with van der Waals surface area (Å²) in [6.07, 6.45) is 2.91. The monoisotopic (exact) mass is 527 g/mol. The van der Waals surface area contributed by atoms with E-state index in [1.54, 1.807) is 37.5 Å². The molecule has 3 rings (SSSR count). The lowest BCUT2D eigenvalue weighted by atomic mass is 10.2. The van der Waals surface area contributed by atoms with Gasteiger partial charge in [0.1, 0.15) is 23.4 Å². The highest BCUT2D eigenvalue weighted by Gasteiger charge is 2.19. The third kappa shape index (κ3) is 7.55. The lowest BCUT2D eigenvalue weighted by Gasteiger charge is -2.16. The summed E-state index contributed by atoms with van der Waals surface area (Å²) in [7, 11) is -1.13. The fraction of sp³-hybridized carbons (Fsp3) is 0.154. The van der Waals surface area contributed by atoms with Crippen LogP contribution in [0.4, 0.5) is 15.8 Å². The summed E-state index contributed by atoms with van der Waals surface area (Å²) in [4.78, 5) is 24.7. The Labute approximate surface area is 214 Å². The second kappa shape index (κ2) is 12.0. The summed E-state index contributed by atoms with van der Waals surface area (Å²) in [6.45, 7) is 1.51. The van der Waals surface area contributed by atoms with Crippen molar-refractivity contribution in [1.82, 2.24) is 5.32 Å². The topological polar surface area (TPSA) is 123 Å². The van der Waals surface area contributed by atoms with Crippen LogP contribution in [0.25, 0.3) is 6.08 Å². The number of carbonyl (C=O) groups is 2. The van der Waals surface area contributed by atoms with Gasteiger partial charge in [0.15, 0.2) is 0 Å². The zero-order valence-corrected chi connectivity index (χ0v) is 21.1. The first-order chi connectivity index (χ1) is 17.6. The number of hydrogen-bond acceptors (Lipinski definition) is 6. The van der Waals surface area contributed by atoms with Crippen LogP contribution in [0.2, 0.25) is 0 Å². The molecule has 1 atom stereocenters. The van der Waals surface area contributed by atoms with Crippen LogP contribution in [0.3, 0.4) is 0 Å². The summed E-state index contributed by atoms with van der Waals surface area (Å²) in [5.41, 5.74) is 1.10. The van der Waals surface area contributed by atoms with E-state index in [-0.39, 0.29) is 22.0 Å². The highest BCUT2D eigenvalue weighted by atomic mass is 32.2. The van der Waals surface area contributed by atoms with Crippen molar-refractivity contribution in [3.8, 4) is 11.5 Å². The Morgan fingerprint density at radius 2 is 1.62 bits per heavy atom. The zero-order chi connectivity index (χ0) is 27.0. The Morgan fingerprint density at radius 3 is 2.24 bits per heavy atom. The number of hydrogen-bond donors (Lipinski definition) is 3. The molecule has 37 heavy (non-hydrogen) atoms. The quantitative estimate of drug-likeness (QED) is 0.345. The first kappa shape index (κ1) is 27.2. The van der Waals surface area contributed by atoms with Gasteiger partial charge in [0, 0.05) is 11.8 Å². The zero-order valence-electron chi connectivity index (χ0n) is 20.3. The average Bonchev–Trinajstić information content (AvgIpc) is 2.88. The number of carbonyl (C=O) groups excluding carboxylic acids is 2. The predicted molar refractivity (Wildman–Crippen MR) is 138 cm³/mol. The fourth-order valence-corrected chi connectivity index (χ4v) is 4.21. The van der Waals surface area contributed by atoms with Gasteiger partial charge in [-0.3, -0.25) is 14.3 Å². The van der Waals surface area contributed by atoms with Crippen molar-refractivity contribution >= 4 is 39.3 Å². The Balaban J connectivity index is 1.65. The van der Waals surface area contributed by atoms with Gasteiger partial charge >= 0.3 is 0 Å². The lowest BCUT2D eigenvalue weighted by molar-refractivity contribution is -0.123. The number of rotatable bonds is 10. The molecule has 194 valence electrons. The molecular formula is C26H26FN3O6S. The van der Waals surface area contributed by atoms with Gasteiger partial charge < -0.3 is 20.1 Å². The fourth-order valence-electron chi connectivity index (χ4n) is 3.15. The van der Waals surface area contributed by atoms with E-state index in [1.165, 1.54) is 38.3 Å². The number of anilines is 2. The molecule has 2 amide bonds. The van der Waals surface area contributed by atoms with Crippen LogP contribution in [-0.2, 0) is 19.6 Å². The minimum Gasteiger partial charge on any atom is -0.497 e. The molecule has 0 aliphatic carbocycles. The van der Waals surface area contributed by atoms with Crippen LogP contribution in [-0.4, -0.2) is 40.5 Å². The van der Waals surface area contributed by atoms with Crippen molar-refractivity contribution in [2.75, 3.05) is 24.3 Å². The highest BCUT2D eigenvalue weighted by Crippen LogP contribution is 2.30. The van der Waals surface area contributed by atoms with Gasteiger partial charge in [-0.05, 0) is 73.2 Å². The van der Waals surface area contributed by atoms with Crippen molar-refractivity contribution in [3.05, 3.63) is 84.2 Å². The number of nitrogens with one attached hydrogen (secondary N) is 3. The van der Waals surface area contributed by atoms with Gasteiger partial charge in [-0.2, -0.15) is 0 Å². The van der Waals surface area contributed by atoms with Gasteiger partial charge in [-0.1, -0.05) is 12.1 Å². The summed E-state index contributed by atoms with van der Waals surface area (Å²) in [6, 6.07) is 14.9. The molecule has 9 nitrogen and oxygen atoms in total. The van der Waals surface area contributed by atoms with E-state index in [1.807, 2.05) is 0 Å². The first-order valence-corrected chi connectivity index (χ1v) is 12.5. The smallest absolute Gasteiger partial charge is 0.262 e. The predicted octanol–water partition coefficient (Wildman–Crippen LogP) is 3.80. The molecule has 0 fully saturated rings. The number of ether oxygens (including phenoxy) is 2. The standard InChI is InChI=1S/C26H26FN3O6S/c1-17(28-25(31)15-6-18-4-10-21(35-2)11-5-18)26(32)29-20-9-14-24(36-3)23(16-20)30-37(33,34)22-12-7-19(27)8-13-22/h4-17,30H,1-3H3,(H,28,31)(H,29,32)/b15-6+/t17-/m1/s1. The molecule has 0 spiro atoms. The first-order valence-electron chi connectivity index (χ1n) is 11.0. The SMILES string of the molecule is COc1ccc(/C=C/C(=O)N[C@H](C)C(=O)Nc2ccc(OC)c(NS(=O)(=O)c3ccc(F)cc3)c2)cc1. The van der Waals surface area contributed by atoms with Gasteiger partial charge in [-0.25, -0.2) is 12.8 Å². The number of halogens is 1. The summed E-state index contributed by atoms with van der Waals surface area (Å²) >= 11 is 0.